The van der Waals surface area contributed by atoms with Crippen LogP contribution >= 0.6 is 12.2 Å². The summed E-state index contributed by atoms with van der Waals surface area (Å²) in [5.41, 5.74) is 3.66. The van der Waals surface area contributed by atoms with E-state index in [0.717, 1.165) is 49.1 Å². The Morgan fingerprint density at radius 3 is 2.08 bits per heavy atom. The van der Waals surface area contributed by atoms with Crippen molar-refractivity contribution in [1.82, 2.24) is 9.13 Å². The van der Waals surface area contributed by atoms with Crippen LogP contribution < -0.4 is 4.90 Å². The fraction of sp³-hybridized carbons (Fsp3) is 0.250. The molecule has 2 heterocycles. The van der Waals surface area contributed by atoms with E-state index >= 15 is 0 Å². The fourth-order valence-electron chi connectivity index (χ4n) is 3.34. The van der Waals surface area contributed by atoms with Crippen LogP contribution in [0, 0.1) is 11.7 Å². The van der Waals surface area contributed by atoms with Gasteiger partial charge in [0.15, 0.2) is 4.77 Å². The molecule has 0 saturated carbocycles. The minimum atomic E-state index is 0.165. The van der Waals surface area contributed by atoms with Crippen molar-refractivity contribution in [2.75, 3.05) is 31.2 Å². The van der Waals surface area contributed by atoms with Gasteiger partial charge in [-0.2, -0.15) is 0 Å². The van der Waals surface area contributed by atoms with Crippen LogP contribution in [0.5, 0.6) is 5.88 Å². The number of aromatic nitrogens is 2. The number of aromatic hydroxyl groups is 1. The highest BCUT2D eigenvalue weighted by molar-refractivity contribution is 7.71. The Hall–Kier alpha value is -2.57. The molecule has 6 heteroatoms. The molecule has 4 rings (SSSR count). The van der Waals surface area contributed by atoms with Crippen molar-refractivity contribution in [2.24, 2.45) is 0 Å². The number of imidazole rings is 1. The van der Waals surface area contributed by atoms with Crippen LogP contribution in [0.3, 0.4) is 0 Å². The maximum Gasteiger partial charge on any atom is 0.218 e. The maximum atomic E-state index is 10.7. The summed E-state index contributed by atoms with van der Waals surface area (Å²) in [7, 11) is 0. The molecule has 0 amide bonds. The Kier molecular flexibility index (Phi) is 4.53. The molecule has 1 saturated heterocycles. The van der Waals surface area contributed by atoms with E-state index in [-0.39, 0.29) is 5.88 Å². The van der Waals surface area contributed by atoms with E-state index < -0.39 is 0 Å². The molecule has 1 aliphatic rings. The third kappa shape index (κ3) is 2.91. The van der Waals surface area contributed by atoms with Gasteiger partial charge in [0.25, 0.3) is 0 Å². The largest absolute Gasteiger partial charge is 0.493 e. The topological polar surface area (TPSA) is 42.6 Å². The van der Waals surface area contributed by atoms with Gasteiger partial charge >= 0.3 is 0 Å². The average Bonchev–Trinajstić information content (AvgIpc) is 2.92. The number of ether oxygens (including phenoxy) is 1. The third-order valence-corrected chi connectivity index (χ3v) is 5.12. The monoisotopic (exact) mass is 367 g/mol. The SMILES string of the molecule is Cc1c(O)n(-c2ccc(N3CCOCC3)cc2)c(=S)n1-c1ccccc1. The highest BCUT2D eigenvalue weighted by Crippen LogP contribution is 2.28. The van der Waals surface area contributed by atoms with Crippen LogP contribution in [0.25, 0.3) is 11.4 Å². The van der Waals surface area contributed by atoms with Crippen LogP contribution in [-0.4, -0.2) is 40.5 Å². The highest BCUT2D eigenvalue weighted by Gasteiger charge is 2.17. The summed E-state index contributed by atoms with van der Waals surface area (Å²) in [6, 6.07) is 18.0. The van der Waals surface area contributed by atoms with Gasteiger partial charge in [0, 0.05) is 24.5 Å². The van der Waals surface area contributed by atoms with Crippen molar-refractivity contribution < 1.29 is 9.84 Å². The van der Waals surface area contributed by atoms with Gasteiger partial charge in [0.1, 0.15) is 0 Å². The van der Waals surface area contributed by atoms with Crippen molar-refractivity contribution in [2.45, 2.75) is 6.92 Å². The lowest BCUT2D eigenvalue weighted by Gasteiger charge is -2.28. The first-order valence-corrected chi connectivity index (χ1v) is 9.09. The Morgan fingerprint density at radius 2 is 1.42 bits per heavy atom. The maximum absolute atomic E-state index is 10.7. The molecule has 1 aromatic heterocycles. The number of rotatable bonds is 3. The smallest absolute Gasteiger partial charge is 0.218 e. The normalized spacial score (nSPS) is 14.6. The molecule has 2 aromatic carbocycles. The van der Waals surface area contributed by atoms with Gasteiger partial charge in [-0.1, -0.05) is 18.2 Å². The Bertz CT molecular complexity index is 955. The van der Waals surface area contributed by atoms with Crippen molar-refractivity contribution in [3.63, 3.8) is 0 Å². The minimum Gasteiger partial charge on any atom is -0.493 e. The molecule has 1 aliphatic heterocycles. The summed E-state index contributed by atoms with van der Waals surface area (Å²) in [5, 5.41) is 10.7. The molecule has 0 bridgehead atoms. The van der Waals surface area contributed by atoms with E-state index in [1.807, 2.05) is 54.0 Å². The van der Waals surface area contributed by atoms with Crippen molar-refractivity contribution in [3.8, 4) is 17.3 Å². The van der Waals surface area contributed by atoms with Gasteiger partial charge in [-0.3, -0.25) is 9.13 Å². The highest BCUT2D eigenvalue weighted by atomic mass is 32.1. The predicted octanol–water partition coefficient (Wildman–Crippen LogP) is 3.85. The first kappa shape index (κ1) is 16.9. The van der Waals surface area contributed by atoms with E-state index in [9.17, 15) is 5.11 Å². The zero-order valence-corrected chi connectivity index (χ0v) is 15.4. The number of hydrogen-bond acceptors (Lipinski definition) is 4. The van der Waals surface area contributed by atoms with Gasteiger partial charge in [-0.05, 0) is 55.5 Å². The first-order valence-electron chi connectivity index (χ1n) is 8.68. The second-order valence-corrected chi connectivity index (χ2v) is 6.68. The van der Waals surface area contributed by atoms with E-state index in [1.54, 1.807) is 4.57 Å². The molecule has 26 heavy (non-hydrogen) atoms. The molecule has 1 N–H and O–H groups in total. The first-order chi connectivity index (χ1) is 12.7. The van der Waals surface area contributed by atoms with Crippen LogP contribution in [-0.2, 0) is 4.74 Å². The number of hydrogen-bond donors (Lipinski definition) is 1. The summed E-state index contributed by atoms with van der Waals surface area (Å²) in [6.45, 7) is 5.18. The molecule has 0 spiro atoms. The summed E-state index contributed by atoms with van der Waals surface area (Å²) in [5.74, 6) is 0.165. The number of nitrogens with zero attached hydrogens (tertiary/aromatic N) is 3. The molecule has 0 unspecified atom stereocenters. The lowest BCUT2D eigenvalue weighted by Crippen LogP contribution is -2.36. The van der Waals surface area contributed by atoms with Gasteiger partial charge in [-0.15, -0.1) is 0 Å². The van der Waals surface area contributed by atoms with Crippen LogP contribution in [0.15, 0.2) is 54.6 Å². The van der Waals surface area contributed by atoms with Gasteiger partial charge in [0.2, 0.25) is 5.88 Å². The molecule has 0 radical (unpaired) electrons. The van der Waals surface area contributed by atoms with Crippen LogP contribution in [0.2, 0.25) is 0 Å². The van der Waals surface area contributed by atoms with Crippen LogP contribution in [0.1, 0.15) is 5.69 Å². The summed E-state index contributed by atoms with van der Waals surface area (Å²) in [6.07, 6.45) is 0. The summed E-state index contributed by atoms with van der Waals surface area (Å²) in [4.78, 5) is 2.30. The Labute approximate surface area is 157 Å². The lowest BCUT2D eigenvalue weighted by atomic mass is 10.2. The molecule has 5 nitrogen and oxygen atoms in total. The second kappa shape index (κ2) is 6.97. The number of benzene rings is 2. The van der Waals surface area contributed by atoms with Gasteiger partial charge in [0.05, 0.1) is 24.6 Å². The molecular weight excluding hydrogens is 346 g/mol. The van der Waals surface area contributed by atoms with E-state index in [2.05, 4.69) is 17.0 Å². The predicted molar refractivity (Wildman–Crippen MR) is 105 cm³/mol. The standard InChI is InChI=1S/C20H21N3O2S/c1-15-19(24)23(20(26)22(15)17-5-3-2-4-6-17)18-9-7-16(8-10-18)21-11-13-25-14-12-21/h2-10,24H,11-14H2,1H3. The Morgan fingerprint density at radius 1 is 0.846 bits per heavy atom. The summed E-state index contributed by atoms with van der Waals surface area (Å²) >= 11 is 5.66. The van der Waals surface area contributed by atoms with Crippen LogP contribution in [0.4, 0.5) is 5.69 Å². The quantitative estimate of drug-likeness (QED) is 0.714. The number of para-hydroxylation sites is 1. The molecule has 3 aromatic rings. The molecule has 1 fully saturated rings. The molecule has 0 aliphatic carbocycles. The van der Waals surface area contributed by atoms with E-state index in [1.165, 1.54) is 0 Å². The Balaban J connectivity index is 1.73. The average molecular weight is 367 g/mol. The second-order valence-electron chi connectivity index (χ2n) is 6.31. The molecular formula is C20H21N3O2S. The third-order valence-electron chi connectivity index (χ3n) is 4.75. The summed E-state index contributed by atoms with van der Waals surface area (Å²) < 4.78 is 9.55. The minimum absolute atomic E-state index is 0.165. The van der Waals surface area contributed by atoms with E-state index in [4.69, 9.17) is 17.0 Å². The molecule has 0 atom stereocenters. The number of morpholine rings is 1. The fourth-order valence-corrected chi connectivity index (χ4v) is 3.78. The zero-order chi connectivity index (χ0) is 18.1. The molecule has 134 valence electrons. The van der Waals surface area contributed by atoms with Crippen molar-refractivity contribution in [3.05, 3.63) is 65.1 Å². The van der Waals surface area contributed by atoms with Crippen molar-refractivity contribution in [1.29, 1.82) is 0 Å². The number of anilines is 1. The van der Waals surface area contributed by atoms with Gasteiger partial charge < -0.3 is 14.7 Å². The van der Waals surface area contributed by atoms with E-state index in [0.29, 0.717) is 4.77 Å². The van der Waals surface area contributed by atoms with Crippen molar-refractivity contribution >= 4 is 17.9 Å². The van der Waals surface area contributed by atoms with Gasteiger partial charge in [-0.25, -0.2) is 0 Å². The lowest BCUT2D eigenvalue weighted by molar-refractivity contribution is 0.122. The zero-order valence-electron chi connectivity index (χ0n) is 14.6.